The highest BCUT2D eigenvalue weighted by atomic mass is 16.2. The number of amides is 1. The molecule has 0 aliphatic heterocycles. The lowest BCUT2D eigenvalue weighted by molar-refractivity contribution is -0.124. The van der Waals surface area contributed by atoms with Gasteiger partial charge in [-0.05, 0) is 53.5 Å². The molecule has 0 radical (unpaired) electrons. The molecule has 0 aromatic heterocycles. The van der Waals surface area contributed by atoms with Crippen LogP contribution >= 0.6 is 0 Å². The first-order valence-corrected chi connectivity index (χ1v) is 6.53. The molecule has 0 rings (SSSR count). The monoisotopic (exact) mass is 240 g/mol. The molecule has 0 saturated heterocycles. The molecule has 3 heteroatoms. The van der Waals surface area contributed by atoms with Crippen LogP contribution in [0.25, 0.3) is 0 Å². The number of unbranched alkanes of at least 4 members (excludes halogenated alkanes) is 3. The van der Waals surface area contributed by atoms with Crippen molar-refractivity contribution in [1.29, 1.82) is 0 Å². The van der Waals surface area contributed by atoms with Gasteiger partial charge in [-0.1, -0.05) is 12.5 Å². The van der Waals surface area contributed by atoms with Crippen LogP contribution in [-0.2, 0) is 4.79 Å². The third-order valence-corrected chi connectivity index (χ3v) is 2.43. The Labute approximate surface area is 106 Å². The van der Waals surface area contributed by atoms with Gasteiger partial charge in [0.25, 0.3) is 0 Å². The quantitative estimate of drug-likeness (QED) is 0.506. The van der Waals surface area contributed by atoms with Crippen LogP contribution in [-0.4, -0.2) is 24.0 Å². The third kappa shape index (κ3) is 10.1. The maximum Gasteiger partial charge on any atom is 0.237 e. The zero-order chi connectivity index (χ0) is 13.3. The van der Waals surface area contributed by atoms with Gasteiger partial charge >= 0.3 is 0 Å². The average Bonchev–Trinajstić information content (AvgIpc) is 2.20. The highest BCUT2D eigenvalue weighted by Gasteiger charge is 2.18. The van der Waals surface area contributed by atoms with Crippen LogP contribution in [0.5, 0.6) is 0 Å². The highest BCUT2D eigenvalue weighted by molar-refractivity contribution is 5.81. The second-order valence-electron chi connectivity index (χ2n) is 5.55. The summed E-state index contributed by atoms with van der Waals surface area (Å²) in [5.41, 5.74) is -0.156. The van der Waals surface area contributed by atoms with E-state index in [-0.39, 0.29) is 17.5 Å². The topological polar surface area (TPSA) is 41.1 Å². The van der Waals surface area contributed by atoms with Gasteiger partial charge in [0, 0.05) is 5.54 Å². The van der Waals surface area contributed by atoms with Crippen molar-refractivity contribution >= 4 is 5.91 Å². The number of hydrogen-bond donors (Lipinski definition) is 2. The normalized spacial score (nSPS) is 13.2. The molecule has 0 saturated carbocycles. The fourth-order valence-corrected chi connectivity index (χ4v) is 1.48. The molecule has 17 heavy (non-hydrogen) atoms. The van der Waals surface area contributed by atoms with E-state index in [2.05, 4.69) is 17.2 Å². The van der Waals surface area contributed by atoms with Crippen molar-refractivity contribution in [1.82, 2.24) is 10.6 Å². The van der Waals surface area contributed by atoms with Gasteiger partial charge in [0.1, 0.15) is 0 Å². The van der Waals surface area contributed by atoms with Gasteiger partial charge in [-0.2, -0.15) is 0 Å². The standard InChI is InChI=1S/C14H28N2O/c1-6-7-8-9-10-11-15-12(2)13(17)16-14(3,4)5/h6,12,15H,1,7-11H2,2-5H3,(H,16,17). The summed E-state index contributed by atoms with van der Waals surface area (Å²) in [7, 11) is 0. The van der Waals surface area contributed by atoms with Crippen molar-refractivity contribution in [3.63, 3.8) is 0 Å². The predicted octanol–water partition coefficient (Wildman–Crippen LogP) is 2.63. The predicted molar refractivity (Wildman–Crippen MR) is 74.0 cm³/mol. The Morgan fingerprint density at radius 1 is 1.29 bits per heavy atom. The summed E-state index contributed by atoms with van der Waals surface area (Å²) in [6.45, 7) is 12.5. The number of carbonyl (C=O) groups excluding carboxylic acids is 1. The van der Waals surface area contributed by atoms with Gasteiger partial charge in [-0.15, -0.1) is 6.58 Å². The van der Waals surface area contributed by atoms with Crippen molar-refractivity contribution in [2.75, 3.05) is 6.54 Å². The van der Waals surface area contributed by atoms with Crippen molar-refractivity contribution < 1.29 is 4.79 Å². The van der Waals surface area contributed by atoms with Gasteiger partial charge in [-0.3, -0.25) is 4.79 Å². The third-order valence-electron chi connectivity index (χ3n) is 2.43. The first-order valence-electron chi connectivity index (χ1n) is 6.53. The lowest BCUT2D eigenvalue weighted by atomic mass is 10.1. The molecule has 2 N–H and O–H groups in total. The van der Waals surface area contributed by atoms with E-state index in [0.717, 1.165) is 19.4 Å². The first kappa shape index (κ1) is 16.2. The molecular formula is C14H28N2O. The Hall–Kier alpha value is -0.830. The highest BCUT2D eigenvalue weighted by Crippen LogP contribution is 2.01. The van der Waals surface area contributed by atoms with Crippen molar-refractivity contribution in [2.24, 2.45) is 0 Å². The lowest BCUT2D eigenvalue weighted by Gasteiger charge is -2.23. The summed E-state index contributed by atoms with van der Waals surface area (Å²) < 4.78 is 0. The average molecular weight is 240 g/mol. The molecule has 0 aromatic carbocycles. The van der Waals surface area contributed by atoms with E-state index in [1.807, 2.05) is 33.8 Å². The molecule has 100 valence electrons. The van der Waals surface area contributed by atoms with Gasteiger partial charge < -0.3 is 10.6 Å². The smallest absolute Gasteiger partial charge is 0.237 e. The molecule has 1 unspecified atom stereocenters. The molecule has 3 nitrogen and oxygen atoms in total. The molecule has 1 amide bonds. The van der Waals surface area contributed by atoms with Crippen LogP contribution in [0.2, 0.25) is 0 Å². The summed E-state index contributed by atoms with van der Waals surface area (Å²) in [6, 6.07) is -0.117. The van der Waals surface area contributed by atoms with Crippen LogP contribution in [0.15, 0.2) is 12.7 Å². The molecular weight excluding hydrogens is 212 g/mol. The number of hydrogen-bond acceptors (Lipinski definition) is 2. The number of carbonyl (C=O) groups is 1. The van der Waals surface area contributed by atoms with Crippen LogP contribution in [0.4, 0.5) is 0 Å². The molecule has 0 heterocycles. The molecule has 1 atom stereocenters. The maximum absolute atomic E-state index is 11.7. The van der Waals surface area contributed by atoms with Gasteiger partial charge in [0.2, 0.25) is 5.91 Å². The van der Waals surface area contributed by atoms with E-state index >= 15 is 0 Å². The summed E-state index contributed by atoms with van der Waals surface area (Å²) in [6.07, 6.45) is 6.52. The largest absolute Gasteiger partial charge is 0.350 e. The van der Waals surface area contributed by atoms with E-state index < -0.39 is 0 Å². The fourth-order valence-electron chi connectivity index (χ4n) is 1.48. The summed E-state index contributed by atoms with van der Waals surface area (Å²) >= 11 is 0. The fraction of sp³-hybridized carbons (Fsp3) is 0.786. The maximum atomic E-state index is 11.7. The zero-order valence-electron chi connectivity index (χ0n) is 11.8. The van der Waals surface area contributed by atoms with Crippen molar-refractivity contribution in [3.05, 3.63) is 12.7 Å². The molecule has 0 fully saturated rings. The molecule has 0 aliphatic carbocycles. The second kappa shape index (κ2) is 8.29. The Balaban J connectivity index is 3.61. The number of allylic oxidation sites excluding steroid dienone is 1. The van der Waals surface area contributed by atoms with Gasteiger partial charge in [-0.25, -0.2) is 0 Å². The van der Waals surface area contributed by atoms with Crippen molar-refractivity contribution in [2.45, 2.75) is 65.0 Å². The lowest BCUT2D eigenvalue weighted by Crippen LogP contribution is -2.49. The van der Waals surface area contributed by atoms with Crippen LogP contribution < -0.4 is 10.6 Å². The molecule has 0 spiro atoms. The van der Waals surface area contributed by atoms with E-state index in [0.29, 0.717) is 0 Å². The summed E-state index contributed by atoms with van der Waals surface area (Å²) in [5.74, 6) is 0.0728. The second-order valence-corrected chi connectivity index (χ2v) is 5.55. The van der Waals surface area contributed by atoms with Crippen molar-refractivity contribution in [3.8, 4) is 0 Å². The molecule has 0 aliphatic rings. The molecule has 0 bridgehead atoms. The van der Waals surface area contributed by atoms with E-state index in [4.69, 9.17) is 0 Å². The summed E-state index contributed by atoms with van der Waals surface area (Å²) in [5, 5.41) is 6.21. The number of rotatable bonds is 8. The zero-order valence-corrected chi connectivity index (χ0v) is 11.8. The first-order chi connectivity index (χ1) is 7.87. The minimum absolute atomic E-state index is 0.0728. The Morgan fingerprint density at radius 2 is 1.94 bits per heavy atom. The minimum atomic E-state index is -0.156. The van der Waals surface area contributed by atoms with Crippen LogP contribution in [0.3, 0.4) is 0 Å². The minimum Gasteiger partial charge on any atom is -0.350 e. The molecule has 0 aromatic rings. The van der Waals surface area contributed by atoms with Gasteiger partial charge in [0.15, 0.2) is 0 Å². The van der Waals surface area contributed by atoms with Gasteiger partial charge in [0.05, 0.1) is 6.04 Å². The Morgan fingerprint density at radius 3 is 2.47 bits per heavy atom. The number of nitrogens with one attached hydrogen (secondary N) is 2. The van der Waals surface area contributed by atoms with E-state index in [1.54, 1.807) is 0 Å². The summed E-state index contributed by atoms with van der Waals surface area (Å²) in [4.78, 5) is 11.7. The Kier molecular flexibility index (Phi) is 7.88. The van der Waals surface area contributed by atoms with E-state index in [9.17, 15) is 4.79 Å². The SMILES string of the molecule is C=CCCCCCNC(C)C(=O)NC(C)(C)C. The Bertz CT molecular complexity index is 231. The van der Waals surface area contributed by atoms with Crippen LogP contribution in [0.1, 0.15) is 53.4 Å². The van der Waals surface area contributed by atoms with Crippen LogP contribution in [0, 0.1) is 0 Å². The van der Waals surface area contributed by atoms with E-state index in [1.165, 1.54) is 12.8 Å².